The van der Waals surface area contributed by atoms with Gasteiger partial charge >= 0.3 is 0 Å². The van der Waals surface area contributed by atoms with Gasteiger partial charge in [0.05, 0.1) is 32.5 Å². The Bertz CT molecular complexity index is 3220. The molecular formula is C50H33ClN2O. The van der Waals surface area contributed by atoms with Crippen LogP contribution in [-0.4, -0.2) is 8.97 Å². The number of rotatable bonds is 2. The third kappa shape index (κ3) is 3.63. The van der Waals surface area contributed by atoms with E-state index < -0.39 is 5.41 Å². The Labute approximate surface area is 317 Å². The van der Waals surface area contributed by atoms with Gasteiger partial charge in [0, 0.05) is 10.9 Å². The molecule has 0 amide bonds. The van der Waals surface area contributed by atoms with E-state index in [9.17, 15) is 0 Å². The smallest absolute Gasteiger partial charge is 0.214 e. The summed E-state index contributed by atoms with van der Waals surface area (Å²) in [6.07, 6.45) is 0. The molecule has 1 spiro atoms. The standard InChI is InChI=1S/C50H33ClN2O/c1-28-22-30(3)48-44(25-28)53-46(27-38-36-15-7-11-19-45(36)54-49(38)53)52(48)43-24-29(2)23-37(47(43)51)31-20-21-35-34-14-6-10-18-41(34)50(42(35)26-31)39-16-8-4-12-32(39)33-13-5-9-17-40(33)50/h4-27H,1-3H3. The minimum atomic E-state index is -0.422. The number of hydrogen-bond donors (Lipinski definition) is 0. The van der Waals surface area contributed by atoms with Gasteiger partial charge in [-0.05, 0) is 124 Å². The second kappa shape index (κ2) is 10.4. The minimum Gasteiger partial charge on any atom is -0.439 e. The van der Waals surface area contributed by atoms with E-state index in [4.69, 9.17) is 16.0 Å². The van der Waals surface area contributed by atoms with E-state index in [0.29, 0.717) is 0 Å². The van der Waals surface area contributed by atoms with Gasteiger partial charge in [-0.1, -0.05) is 121 Å². The highest BCUT2D eigenvalue weighted by Crippen LogP contribution is 2.63. The fraction of sp³-hybridized carbons (Fsp3) is 0.0800. The van der Waals surface area contributed by atoms with Gasteiger partial charge in [0.25, 0.3) is 0 Å². The Kier molecular flexibility index (Phi) is 5.84. The average Bonchev–Trinajstić information content (AvgIpc) is 3.96. The number of nitrogens with zero attached hydrogens (tertiary/aromatic N) is 2. The second-order valence-electron chi connectivity index (χ2n) is 15.2. The summed E-state index contributed by atoms with van der Waals surface area (Å²) in [4.78, 5) is 0. The maximum atomic E-state index is 7.76. The first-order valence-corrected chi connectivity index (χ1v) is 19.0. The Hall–Kier alpha value is -6.29. The maximum absolute atomic E-state index is 7.76. The molecule has 0 fully saturated rings. The molecular weight excluding hydrogens is 680 g/mol. The molecule has 10 aromatic rings. The molecule has 0 aliphatic heterocycles. The molecule has 12 rings (SSSR count). The van der Waals surface area contributed by atoms with Crippen LogP contribution < -0.4 is 0 Å². The fourth-order valence-corrected chi connectivity index (χ4v) is 10.5. The molecule has 7 aromatic carbocycles. The summed E-state index contributed by atoms with van der Waals surface area (Å²) in [7, 11) is 0. The Morgan fingerprint density at radius 2 is 1.15 bits per heavy atom. The third-order valence-corrected chi connectivity index (χ3v) is 12.6. The topological polar surface area (TPSA) is 22.5 Å². The molecule has 0 atom stereocenters. The first-order chi connectivity index (χ1) is 26.4. The van der Waals surface area contributed by atoms with Gasteiger partial charge in [-0.15, -0.1) is 0 Å². The molecule has 3 aromatic heterocycles. The summed E-state index contributed by atoms with van der Waals surface area (Å²) in [5.74, 6) is 0. The van der Waals surface area contributed by atoms with Crippen LogP contribution >= 0.6 is 11.6 Å². The normalized spacial score (nSPS) is 13.7. The van der Waals surface area contributed by atoms with Crippen molar-refractivity contribution in [2.24, 2.45) is 0 Å². The van der Waals surface area contributed by atoms with E-state index in [0.717, 1.165) is 66.1 Å². The molecule has 2 aliphatic carbocycles. The molecule has 4 heteroatoms. The number of imidazole rings is 1. The van der Waals surface area contributed by atoms with Crippen molar-refractivity contribution in [1.29, 1.82) is 0 Å². The van der Waals surface area contributed by atoms with Gasteiger partial charge < -0.3 is 4.42 Å². The quantitative estimate of drug-likeness (QED) is 0.175. The van der Waals surface area contributed by atoms with Crippen molar-refractivity contribution in [3.8, 4) is 39.1 Å². The Morgan fingerprint density at radius 1 is 0.537 bits per heavy atom. The summed E-state index contributed by atoms with van der Waals surface area (Å²) < 4.78 is 11.2. The van der Waals surface area contributed by atoms with E-state index in [-0.39, 0.29) is 0 Å². The van der Waals surface area contributed by atoms with E-state index in [1.165, 1.54) is 55.6 Å². The molecule has 0 saturated heterocycles. The predicted octanol–water partition coefficient (Wildman–Crippen LogP) is 13.4. The molecule has 0 unspecified atom stereocenters. The van der Waals surface area contributed by atoms with Crippen LogP contribution in [-0.2, 0) is 5.41 Å². The van der Waals surface area contributed by atoms with Gasteiger partial charge in [0.2, 0.25) is 5.71 Å². The lowest BCUT2D eigenvalue weighted by molar-refractivity contribution is 0.651. The lowest BCUT2D eigenvalue weighted by Crippen LogP contribution is -2.25. The zero-order valence-corrected chi connectivity index (χ0v) is 30.8. The number of para-hydroxylation sites is 1. The van der Waals surface area contributed by atoms with Gasteiger partial charge in [0.15, 0.2) is 0 Å². The zero-order valence-electron chi connectivity index (χ0n) is 30.0. The van der Waals surface area contributed by atoms with Crippen molar-refractivity contribution in [2.75, 3.05) is 0 Å². The number of furan rings is 1. The van der Waals surface area contributed by atoms with Crippen LogP contribution in [0.1, 0.15) is 38.9 Å². The van der Waals surface area contributed by atoms with Crippen LogP contribution in [0.4, 0.5) is 0 Å². The molecule has 3 heterocycles. The largest absolute Gasteiger partial charge is 0.439 e. The fourth-order valence-electron chi connectivity index (χ4n) is 10.2. The first-order valence-electron chi connectivity index (χ1n) is 18.6. The number of halogens is 1. The SMILES string of the molecule is Cc1cc(-c2ccc3c(c2)C2(c4ccccc4-c4ccccc42)c2ccccc2-3)c(Cl)c(-n2c3c(C)cc(C)cc3n3c4oc5ccccc5c4cc23)c1. The highest BCUT2D eigenvalue weighted by molar-refractivity contribution is 6.35. The molecule has 0 radical (unpaired) electrons. The summed E-state index contributed by atoms with van der Waals surface area (Å²) in [5, 5.41) is 2.93. The van der Waals surface area contributed by atoms with E-state index in [1.807, 2.05) is 12.1 Å². The van der Waals surface area contributed by atoms with Gasteiger partial charge in [-0.3, -0.25) is 8.97 Å². The van der Waals surface area contributed by atoms with Crippen molar-refractivity contribution >= 4 is 50.4 Å². The van der Waals surface area contributed by atoms with E-state index >= 15 is 0 Å². The number of fused-ring (bicyclic) bond motifs is 17. The van der Waals surface area contributed by atoms with Crippen LogP contribution in [0.15, 0.2) is 150 Å². The van der Waals surface area contributed by atoms with E-state index in [2.05, 4.69) is 163 Å². The highest BCUT2D eigenvalue weighted by Gasteiger charge is 2.51. The lowest BCUT2D eigenvalue weighted by atomic mass is 9.70. The Morgan fingerprint density at radius 3 is 1.85 bits per heavy atom. The summed E-state index contributed by atoms with van der Waals surface area (Å²) in [6, 6.07) is 53.4. The summed E-state index contributed by atoms with van der Waals surface area (Å²) in [5.41, 5.74) is 21.7. The van der Waals surface area contributed by atoms with Crippen LogP contribution in [0.25, 0.3) is 77.8 Å². The molecule has 2 aliphatic rings. The second-order valence-corrected chi connectivity index (χ2v) is 15.6. The lowest BCUT2D eigenvalue weighted by Gasteiger charge is -2.30. The van der Waals surface area contributed by atoms with Gasteiger partial charge in [-0.2, -0.15) is 0 Å². The molecule has 256 valence electrons. The van der Waals surface area contributed by atoms with Crippen molar-refractivity contribution < 1.29 is 4.42 Å². The summed E-state index contributed by atoms with van der Waals surface area (Å²) >= 11 is 7.76. The zero-order chi connectivity index (χ0) is 36.0. The number of benzene rings is 7. The maximum Gasteiger partial charge on any atom is 0.214 e. The van der Waals surface area contributed by atoms with Gasteiger partial charge in [-0.25, -0.2) is 0 Å². The van der Waals surface area contributed by atoms with Crippen LogP contribution in [0.2, 0.25) is 5.02 Å². The molecule has 0 saturated carbocycles. The van der Waals surface area contributed by atoms with E-state index in [1.54, 1.807) is 0 Å². The predicted molar refractivity (Wildman–Crippen MR) is 222 cm³/mol. The molecule has 0 N–H and O–H groups in total. The van der Waals surface area contributed by atoms with Crippen molar-refractivity contribution in [2.45, 2.75) is 26.2 Å². The van der Waals surface area contributed by atoms with Gasteiger partial charge in [0.1, 0.15) is 11.2 Å². The van der Waals surface area contributed by atoms with Crippen LogP contribution in [0.5, 0.6) is 0 Å². The van der Waals surface area contributed by atoms with Crippen LogP contribution in [0, 0.1) is 20.8 Å². The molecule has 54 heavy (non-hydrogen) atoms. The Balaban J connectivity index is 1.14. The van der Waals surface area contributed by atoms with Crippen molar-refractivity contribution in [1.82, 2.24) is 8.97 Å². The molecule has 3 nitrogen and oxygen atoms in total. The van der Waals surface area contributed by atoms with Crippen molar-refractivity contribution in [3.05, 3.63) is 190 Å². The highest BCUT2D eigenvalue weighted by atomic mass is 35.5. The number of aryl methyl sites for hydroxylation is 3. The monoisotopic (exact) mass is 712 g/mol. The first kappa shape index (κ1) is 30.2. The molecule has 0 bridgehead atoms. The number of aromatic nitrogens is 2. The number of hydrogen-bond acceptors (Lipinski definition) is 1. The minimum absolute atomic E-state index is 0.422. The summed E-state index contributed by atoms with van der Waals surface area (Å²) in [6.45, 7) is 6.53. The van der Waals surface area contributed by atoms with Crippen molar-refractivity contribution in [3.63, 3.8) is 0 Å². The third-order valence-electron chi connectivity index (χ3n) is 12.2. The van der Waals surface area contributed by atoms with Crippen LogP contribution in [0.3, 0.4) is 0 Å². The average molecular weight is 713 g/mol.